The van der Waals surface area contributed by atoms with E-state index < -0.39 is 115 Å². The Hall–Kier alpha value is -8.54. The van der Waals surface area contributed by atoms with E-state index in [9.17, 15) is 44.7 Å². The normalized spacial score (nSPS) is 11.1. The van der Waals surface area contributed by atoms with Crippen LogP contribution in [0.4, 0.5) is 52.7 Å². The summed E-state index contributed by atoms with van der Waals surface area (Å²) in [5.41, 5.74) is -3.69. The Morgan fingerprint density at radius 2 is 0.592 bits per heavy atom. The van der Waals surface area contributed by atoms with Crippen LogP contribution in [0, 0.1) is 83.7 Å². The Balaban J connectivity index is 0.903. The molecule has 6 nitrogen and oxygen atoms in total. The van der Waals surface area contributed by atoms with E-state index >= 15 is 17.6 Å². The predicted molar refractivity (Wildman–Crippen MR) is 232 cm³/mol. The molecule has 0 saturated carbocycles. The van der Waals surface area contributed by atoms with Crippen molar-refractivity contribution < 1.29 is 81.2 Å². The summed E-state index contributed by atoms with van der Waals surface area (Å²) < 4.78 is 197. The molecule has 8 aromatic carbocycles. The number of hydrogen-bond acceptors (Lipinski definition) is 6. The second-order valence-electron chi connectivity index (χ2n) is 15.4. The molecule has 8 aromatic rings. The van der Waals surface area contributed by atoms with E-state index in [-0.39, 0.29) is 11.5 Å². The molecule has 0 unspecified atom stereocenters. The summed E-state index contributed by atoms with van der Waals surface area (Å²) in [5.74, 6) is -31.0. The number of rotatable bonds is 13. The fourth-order valence-corrected chi connectivity index (χ4v) is 7.14. The molecule has 360 valence electrons. The Labute approximate surface area is 393 Å². The number of Topliss-reactive ketones (excluding diaryl/α,β-unsaturated/α-hetero) is 1. The lowest BCUT2D eigenvalue weighted by molar-refractivity contribution is 0.0997. The van der Waals surface area contributed by atoms with Gasteiger partial charge in [0.2, 0.25) is 40.6 Å². The van der Waals surface area contributed by atoms with Gasteiger partial charge in [0.05, 0.1) is 5.56 Å². The lowest BCUT2D eigenvalue weighted by Crippen LogP contribution is -2.18. The molecule has 0 bridgehead atoms. The third-order valence-electron chi connectivity index (χ3n) is 10.9. The molecule has 71 heavy (non-hydrogen) atoms. The molecule has 18 heteroatoms. The summed E-state index contributed by atoms with van der Waals surface area (Å²) >= 11 is 0. The maximum atomic E-state index is 15.1. The Morgan fingerprint density at radius 3 is 0.887 bits per heavy atom. The van der Waals surface area contributed by atoms with E-state index in [2.05, 4.69) is 0 Å². The Bertz CT molecular complexity index is 3350. The number of benzene rings is 8. The van der Waals surface area contributed by atoms with Gasteiger partial charge in [-0.1, -0.05) is 54.6 Å². The van der Waals surface area contributed by atoms with Crippen LogP contribution in [0.1, 0.15) is 44.3 Å². The summed E-state index contributed by atoms with van der Waals surface area (Å²) in [6.45, 7) is 3.15. The number of carbonyl (C=O) groups excluding carboxylic acids is 2. The van der Waals surface area contributed by atoms with Gasteiger partial charge in [0.15, 0.2) is 52.3 Å². The molecule has 0 atom stereocenters. The van der Waals surface area contributed by atoms with Gasteiger partial charge in [-0.2, -0.15) is 17.6 Å². The van der Waals surface area contributed by atoms with E-state index in [0.29, 0.717) is 57.7 Å². The van der Waals surface area contributed by atoms with Gasteiger partial charge in [-0.3, -0.25) is 9.59 Å². The van der Waals surface area contributed by atoms with E-state index in [4.69, 9.17) is 18.9 Å². The minimum absolute atomic E-state index is 0.141. The number of ketones is 2. The summed E-state index contributed by atoms with van der Waals surface area (Å²) in [7, 11) is 0. The molecule has 8 rings (SSSR count). The largest absolute Gasteiger partial charge is 0.457 e. The zero-order chi connectivity index (χ0) is 51.2. The monoisotopic (exact) mass is 988 g/mol. The van der Waals surface area contributed by atoms with Crippen molar-refractivity contribution in [1.29, 1.82) is 0 Å². The SMILES string of the molecule is CC(=O)c1c(F)c(F)c(Oc2ccc(-c3ccc(Oc4cccc(Oc5ccc(-c6ccc(Oc7c(F)c(F)c(C(=O)c8c(F)c(F)c(C)c(F)c8F)c(F)c7F)cc6)cc5)c4C)cc3)cc2)c(F)c1F. The first kappa shape index (κ1) is 48.9. The highest BCUT2D eigenvalue weighted by Gasteiger charge is 2.36. The van der Waals surface area contributed by atoms with Gasteiger partial charge in [-0.05, 0) is 104 Å². The van der Waals surface area contributed by atoms with Crippen LogP contribution in [0.2, 0.25) is 0 Å². The highest BCUT2D eigenvalue weighted by Crippen LogP contribution is 2.39. The molecular weight excluding hydrogens is 961 g/mol. The Morgan fingerprint density at radius 1 is 0.324 bits per heavy atom. The first-order valence-electron chi connectivity index (χ1n) is 20.6. The lowest BCUT2D eigenvalue weighted by atomic mass is 9.98. The van der Waals surface area contributed by atoms with Crippen molar-refractivity contribution in [3.05, 3.63) is 213 Å². The average Bonchev–Trinajstić information content (AvgIpc) is 3.36. The minimum atomic E-state index is -2.44. The molecule has 0 spiro atoms. The molecule has 0 aliphatic carbocycles. The molecular formula is C53H28F12O6. The molecule has 0 aliphatic rings. The van der Waals surface area contributed by atoms with Crippen LogP contribution < -0.4 is 18.9 Å². The smallest absolute Gasteiger partial charge is 0.205 e. The number of carbonyl (C=O) groups is 2. The van der Waals surface area contributed by atoms with Crippen LogP contribution in [-0.2, 0) is 0 Å². The predicted octanol–water partition coefficient (Wildman–Crippen LogP) is 15.9. The van der Waals surface area contributed by atoms with Crippen LogP contribution in [-0.4, -0.2) is 11.6 Å². The first-order chi connectivity index (χ1) is 33.8. The molecule has 0 fully saturated rings. The standard InChI is InChI=1S/C53H28F12O6/c1-23-34(68-30-15-7-26(8-16-30)28-11-19-32(20-12-28)70-52-47(62)41(56)36(25(3)66)42(57)48(52)63)5-4-6-35(23)69-31-17-9-27(10-18-31)29-13-21-33(22-14-29)71-53-49(64)45(60)38(46(61)50(53)65)51(67)37-43(58)39(54)24(2)40(55)44(37)59/h4-22H,1-3H3. The van der Waals surface area contributed by atoms with Gasteiger partial charge in [0, 0.05) is 11.1 Å². The second-order valence-corrected chi connectivity index (χ2v) is 15.4. The van der Waals surface area contributed by atoms with Gasteiger partial charge in [0.25, 0.3) is 0 Å². The van der Waals surface area contributed by atoms with Crippen LogP contribution in [0.15, 0.2) is 115 Å². The maximum Gasteiger partial charge on any atom is 0.205 e. The summed E-state index contributed by atoms with van der Waals surface area (Å²) in [4.78, 5) is 24.2. The van der Waals surface area contributed by atoms with Gasteiger partial charge in [0.1, 0.15) is 45.6 Å². The number of ether oxygens (including phenoxy) is 4. The molecule has 0 saturated heterocycles. The van der Waals surface area contributed by atoms with E-state index in [0.717, 1.165) is 6.92 Å². The van der Waals surface area contributed by atoms with Crippen LogP contribution >= 0.6 is 0 Å². The van der Waals surface area contributed by atoms with Crippen molar-refractivity contribution in [2.45, 2.75) is 20.8 Å². The van der Waals surface area contributed by atoms with Gasteiger partial charge in [-0.15, -0.1) is 0 Å². The first-order valence-corrected chi connectivity index (χ1v) is 20.6. The van der Waals surface area contributed by atoms with Gasteiger partial charge < -0.3 is 18.9 Å². The van der Waals surface area contributed by atoms with E-state index in [1.54, 1.807) is 85.8 Å². The molecule has 0 N–H and O–H groups in total. The Kier molecular flexibility index (Phi) is 13.4. The van der Waals surface area contributed by atoms with Gasteiger partial charge in [-0.25, -0.2) is 35.1 Å². The molecule has 0 radical (unpaired) electrons. The fraction of sp³-hybridized carbons (Fsp3) is 0.0566. The third kappa shape index (κ3) is 9.23. The van der Waals surface area contributed by atoms with E-state index in [1.807, 2.05) is 0 Å². The van der Waals surface area contributed by atoms with E-state index in [1.165, 1.54) is 36.4 Å². The highest BCUT2D eigenvalue weighted by molar-refractivity contribution is 6.10. The van der Waals surface area contributed by atoms with Crippen LogP contribution in [0.25, 0.3) is 22.3 Å². The highest BCUT2D eigenvalue weighted by atomic mass is 19.2. The van der Waals surface area contributed by atoms with Crippen LogP contribution in [0.3, 0.4) is 0 Å². The van der Waals surface area contributed by atoms with Crippen molar-refractivity contribution >= 4 is 11.6 Å². The van der Waals surface area contributed by atoms with Crippen molar-refractivity contribution in [3.63, 3.8) is 0 Å². The molecule has 0 amide bonds. The third-order valence-corrected chi connectivity index (χ3v) is 10.9. The minimum Gasteiger partial charge on any atom is -0.457 e. The molecule has 0 aliphatic heterocycles. The zero-order valence-corrected chi connectivity index (χ0v) is 36.5. The summed E-state index contributed by atoms with van der Waals surface area (Å²) in [6, 6.07) is 29.6. The number of hydrogen-bond donors (Lipinski definition) is 0. The number of halogens is 12. The lowest BCUT2D eigenvalue weighted by Gasteiger charge is -2.14. The van der Waals surface area contributed by atoms with Crippen molar-refractivity contribution in [3.8, 4) is 68.2 Å². The molecule has 0 aromatic heterocycles. The zero-order valence-electron chi connectivity index (χ0n) is 36.5. The van der Waals surface area contributed by atoms with Crippen molar-refractivity contribution in [2.24, 2.45) is 0 Å². The average molecular weight is 989 g/mol. The second kappa shape index (κ2) is 19.5. The summed E-state index contributed by atoms with van der Waals surface area (Å²) in [5, 5.41) is 0. The van der Waals surface area contributed by atoms with Crippen molar-refractivity contribution in [2.75, 3.05) is 0 Å². The summed E-state index contributed by atoms with van der Waals surface area (Å²) in [6.07, 6.45) is 0. The topological polar surface area (TPSA) is 71.1 Å². The maximum absolute atomic E-state index is 15.1. The van der Waals surface area contributed by atoms with Gasteiger partial charge >= 0.3 is 0 Å². The fourth-order valence-electron chi connectivity index (χ4n) is 7.14. The quantitative estimate of drug-likeness (QED) is 0.0651. The molecule has 0 heterocycles. The van der Waals surface area contributed by atoms with Crippen LogP contribution in [0.5, 0.6) is 46.0 Å². The van der Waals surface area contributed by atoms with Crippen molar-refractivity contribution in [1.82, 2.24) is 0 Å².